The van der Waals surface area contributed by atoms with E-state index in [1.54, 1.807) is 36.1 Å². The van der Waals surface area contributed by atoms with Crippen LogP contribution in [0.15, 0.2) is 41.4 Å². The Morgan fingerprint density at radius 2 is 1.90 bits per heavy atom. The molecular formula is C14H19N3O2S. The number of hydrogen-bond acceptors (Lipinski definition) is 3. The van der Waals surface area contributed by atoms with Gasteiger partial charge in [-0.1, -0.05) is 25.5 Å². The molecule has 2 rings (SSSR count). The number of benzene rings is 1. The van der Waals surface area contributed by atoms with Crippen molar-refractivity contribution in [3.63, 3.8) is 0 Å². The minimum absolute atomic E-state index is 0.194. The van der Waals surface area contributed by atoms with Crippen molar-refractivity contribution in [3.05, 3.63) is 47.8 Å². The van der Waals surface area contributed by atoms with Crippen molar-refractivity contribution in [2.45, 2.75) is 31.2 Å². The van der Waals surface area contributed by atoms with Gasteiger partial charge in [0.15, 0.2) is 0 Å². The van der Waals surface area contributed by atoms with Gasteiger partial charge in [0.25, 0.3) is 0 Å². The van der Waals surface area contributed by atoms with Crippen molar-refractivity contribution in [1.29, 1.82) is 0 Å². The number of aryl methyl sites for hydroxylation is 2. The van der Waals surface area contributed by atoms with Crippen LogP contribution in [0.2, 0.25) is 0 Å². The van der Waals surface area contributed by atoms with Crippen molar-refractivity contribution in [1.82, 2.24) is 14.5 Å². The molecule has 6 heteroatoms. The van der Waals surface area contributed by atoms with Gasteiger partial charge in [0.2, 0.25) is 10.0 Å². The zero-order chi connectivity index (χ0) is 14.6. The number of hydrogen-bond donors (Lipinski definition) is 1. The number of aromatic nitrogens is 2. The summed E-state index contributed by atoms with van der Waals surface area (Å²) < 4.78 is 28.5. The normalized spacial score (nSPS) is 11.7. The van der Waals surface area contributed by atoms with E-state index < -0.39 is 10.0 Å². The second-order valence-corrected chi connectivity index (χ2v) is 6.47. The third kappa shape index (κ3) is 3.68. The topological polar surface area (TPSA) is 64.0 Å². The lowest BCUT2D eigenvalue weighted by molar-refractivity contribution is 0.579. The van der Waals surface area contributed by atoms with Gasteiger partial charge in [-0.3, -0.25) is 4.68 Å². The van der Waals surface area contributed by atoms with E-state index in [9.17, 15) is 8.42 Å². The van der Waals surface area contributed by atoms with Gasteiger partial charge < -0.3 is 0 Å². The predicted molar refractivity (Wildman–Crippen MR) is 77.7 cm³/mol. The average Bonchev–Trinajstić information content (AvgIpc) is 2.84. The van der Waals surface area contributed by atoms with E-state index in [2.05, 4.69) is 16.7 Å². The van der Waals surface area contributed by atoms with Crippen LogP contribution in [0.3, 0.4) is 0 Å². The molecule has 108 valence electrons. The average molecular weight is 293 g/mol. The lowest BCUT2D eigenvalue weighted by Gasteiger charge is -2.06. The Morgan fingerprint density at radius 3 is 2.45 bits per heavy atom. The molecule has 20 heavy (non-hydrogen) atoms. The van der Waals surface area contributed by atoms with Crippen LogP contribution in [0.5, 0.6) is 0 Å². The lowest BCUT2D eigenvalue weighted by Crippen LogP contribution is -2.23. The zero-order valence-corrected chi connectivity index (χ0v) is 12.5. The first-order chi connectivity index (χ1) is 9.51. The third-order valence-electron chi connectivity index (χ3n) is 2.98. The van der Waals surface area contributed by atoms with Gasteiger partial charge in [-0.2, -0.15) is 5.10 Å². The molecule has 0 saturated carbocycles. The monoisotopic (exact) mass is 293 g/mol. The van der Waals surface area contributed by atoms with Gasteiger partial charge in [-0.15, -0.1) is 0 Å². The molecule has 1 heterocycles. The quantitative estimate of drug-likeness (QED) is 0.884. The number of rotatable bonds is 6. The van der Waals surface area contributed by atoms with Crippen molar-refractivity contribution >= 4 is 10.0 Å². The van der Waals surface area contributed by atoms with E-state index >= 15 is 0 Å². The summed E-state index contributed by atoms with van der Waals surface area (Å²) in [6, 6.07) is 8.79. The Bertz CT molecular complexity index is 660. The molecule has 1 N–H and O–H groups in total. The van der Waals surface area contributed by atoms with Gasteiger partial charge in [0.1, 0.15) is 0 Å². The number of nitrogens with one attached hydrogen (secondary N) is 1. The molecule has 0 amide bonds. The van der Waals surface area contributed by atoms with Crippen LogP contribution in [0.1, 0.15) is 24.6 Å². The molecule has 1 aromatic carbocycles. The highest BCUT2D eigenvalue weighted by Gasteiger charge is 2.13. The summed E-state index contributed by atoms with van der Waals surface area (Å²) in [7, 11) is -1.68. The van der Waals surface area contributed by atoms with Gasteiger partial charge in [0, 0.05) is 13.2 Å². The summed E-state index contributed by atoms with van der Waals surface area (Å²) in [5.74, 6) is 0. The second kappa shape index (κ2) is 6.19. The Morgan fingerprint density at radius 1 is 1.20 bits per heavy atom. The molecule has 0 atom stereocenters. The molecule has 0 radical (unpaired) electrons. The predicted octanol–water partition coefficient (Wildman–Crippen LogP) is 1.85. The van der Waals surface area contributed by atoms with Crippen LogP contribution in [-0.4, -0.2) is 18.2 Å². The first kappa shape index (κ1) is 14.7. The van der Waals surface area contributed by atoms with E-state index in [-0.39, 0.29) is 11.4 Å². The molecule has 0 aliphatic carbocycles. The largest absolute Gasteiger partial charge is 0.276 e. The third-order valence-corrected chi connectivity index (χ3v) is 4.40. The number of sulfonamides is 1. The zero-order valence-electron chi connectivity index (χ0n) is 11.7. The highest BCUT2D eigenvalue weighted by molar-refractivity contribution is 7.89. The van der Waals surface area contributed by atoms with Crippen molar-refractivity contribution in [3.8, 4) is 0 Å². The molecule has 5 nitrogen and oxygen atoms in total. The number of nitrogens with zero attached hydrogens (tertiary/aromatic N) is 2. The van der Waals surface area contributed by atoms with E-state index in [4.69, 9.17) is 0 Å². The summed E-state index contributed by atoms with van der Waals surface area (Å²) in [5, 5.41) is 4.14. The Hall–Kier alpha value is -1.66. The standard InChI is InChI=1S/C14H19N3O2S/c1-3-4-12-5-7-14(8-6-12)20(18,19)15-11-13-9-10-17(2)16-13/h5-10,15H,3-4,11H2,1-2H3. The summed E-state index contributed by atoms with van der Waals surface area (Å²) in [4.78, 5) is 0.285. The highest BCUT2D eigenvalue weighted by atomic mass is 32.2. The van der Waals surface area contributed by atoms with E-state index in [1.807, 2.05) is 12.1 Å². The SMILES string of the molecule is CCCc1ccc(S(=O)(=O)NCc2ccn(C)n2)cc1. The first-order valence-electron chi connectivity index (χ1n) is 6.58. The molecule has 0 fully saturated rings. The first-order valence-corrected chi connectivity index (χ1v) is 8.06. The molecule has 0 spiro atoms. The maximum Gasteiger partial charge on any atom is 0.240 e. The van der Waals surface area contributed by atoms with Crippen LogP contribution in [0, 0.1) is 0 Å². The molecule has 2 aromatic rings. The van der Waals surface area contributed by atoms with Gasteiger partial charge in [0.05, 0.1) is 17.1 Å². The second-order valence-electron chi connectivity index (χ2n) is 4.70. The van der Waals surface area contributed by atoms with E-state index in [0.29, 0.717) is 5.69 Å². The fourth-order valence-electron chi connectivity index (χ4n) is 1.93. The minimum Gasteiger partial charge on any atom is -0.276 e. The summed E-state index contributed by atoms with van der Waals surface area (Å²) in [5.41, 5.74) is 1.84. The van der Waals surface area contributed by atoms with Crippen molar-refractivity contribution in [2.24, 2.45) is 7.05 Å². The highest BCUT2D eigenvalue weighted by Crippen LogP contribution is 2.12. The maximum absolute atomic E-state index is 12.1. The van der Waals surface area contributed by atoms with Crippen LogP contribution in [0.4, 0.5) is 0 Å². The van der Waals surface area contributed by atoms with Crippen LogP contribution < -0.4 is 4.72 Å². The van der Waals surface area contributed by atoms with Gasteiger partial charge in [-0.05, 0) is 30.2 Å². The maximum atomic E-state index is 12.1. The summed E-state index contributed by atoms with van der Waals surface area (Å²) in [6.45, 7) is 2.29. The van der Waals surface area contributed by atoms with Gasteiger partial charge >= 0.3 is 0 Å². The van der Waals surface area contributed by atoms with Crippen LogP contribution >= 0.6 is 0 Å². The minimum atomic E-state index is -3.48. The van der Waals surface area contributed by atoms with Crippen molar-refractivity contribution in [2.75, 3.05) is 0 Å². The molecule has 1 aromatic heterocycles. The molecular weight excluding hydrogens is 274 g/mol. The molecule has 0 saturated heterocycles. The molecule has 0 aliphatic rings. The Labute approximate surface area is 119 Å². The van der Waals surface area contributed by atoms with Crippen LogP contribution in [0.25, 0.3) is 0 Å². The lowest BCUT2D eigenvalue weighted by atomic mass is 10.1. The Kier molecular flexibility index (Phi) is 4.57. The Balaban J connectivity index is 2.05. The summed E-state index contributed by atoms with van der Waals surface area (Å²) in [6.07, 6.45) is 3.79. The van der Waals surface area contributed by atoms with Crippen LogP contribution in [-0.2, 0) is 30.0 Å². The molecule has 0 unspecified atom stereocenters. The van der Waals surface area contributed by atoms with Crippen molar-refractivity contribution < 1.29 is 8.42 Å². The fourth-order valence-corrected chi connectivity index (χ4v) is 2.93. The summed E-state index contributed by atoms with van der Waals surface area (Å²) >= 11 is 0. The smallest absolute Gasteiger partial charge is 0.240 e. The fraction of sp³-hybridized carbons (Fsp3) is 0.357. The van der Waals surface area contributed by atoms with E-state index in [1.165, 1.54) is 0 Å². The van der Waals surface area contributed by atoms with E-state index in [0.717, 1.165) is 18.4 Å². The molecule has 0 aliphatic heterocycles. The van der Waals surface area contributed by atoms with Gasteiger partial charge in [-0.25, -0.2) is 13.1 Å². The molecule has 0 bridgehead atoms.